The van der Waals surface area contributed by atoms with E-state index in [1.165, 1.54) is 11.1 Å². The zero-order valence-electron chi connectivity index (χ0n) is 17.7. The van der Waals surface area contributed by atoms with Crippen molar-refractivity contribution < 1.29 is 13.1 Å². The summed E-state index contributed by atoms with van der Waals surface area (Å²) in [4.78, 5) is 0. The molecule has 0 aliphatic heterocycles. The average Bonchev–Trinajstić information content (AvgIpc) is 3.04. The average molecular weight is 341 g/mol. The summed E-state index contributed by atoms with van der Waals surface area (Å²) in [6.07, 6.45) is 2.10. The van der Waals surface area contributed by atoms with Gasteiger partial charge in [0.2, 0.25) is 5.69 Å². The number of aromatic nitrogens is 1. The molecule has 26 heavy (non-hydrogen) atoms. The lowest BCUT2D eigenvalue weighted by Crippen LogP contribution is -2.30. The highest BCUT2D eigenvalue weighted by atomic mass is 16.3. The Balaban J connectivity index is 1.80. The minimum absolute atomic E-state index is 0.351. The third kappa shape index (κ3) is 2.15. The molecule has 126 valence electrons. The molecule has 2 aromatic heterocycles. The van der Waals surface area contributed by atoms with Crippen LogP contribution >= 0.6 is 0 Å². The molecule has 0 N–H and O–H groups in total. The van der Waals surface area contributed by atoms with Gasteiger partial charge in [0, 0.05) is 15.1 Å². The van der Waals surface area contributed by atoms with Crippen LogP contribution in [0.1, 0.15) is 15.2 Å². The molecule has 0 spiro atoms. The van der Waals surface area contributed by atoms with Crippen LogP contribution in [0, 0.1) is 13.8 Å². The van der Waals surface area contributed by atoms with Gasteiger partial charge in [0.05, 0.1) is 11.5 Å². The van der Waals surface area contributed by atoms with E-state index in [0.717, 1.165) is 38.4 Å². The molecule has 3 aromatic carbocycles. The Morgan fingerprint density at radius 2 is 1.81 bits per heavy atom. The second kappa shape index (κ2) is 5.43. The number of hydrogen-bond acceptors (Lipinski definition) is 1. The minimum Gasteiger partial charge on any atom is -0.456 e. The fraction of sp³-hybridized carbons (Fsp3) is 0.125. The molecule has 0 saturated heterocycles. The molecule has 0 bridgehead atoms. The Hall–Kier alpha value is -3.13. The summed E-state index contributed by atoms with van der Waals surface area (Å²) in [6, 6.07) is 19.6. The minimum atomic E-state index is -2.11. The van der Waals surface area contributed by atoms with Crippen molar-refractivity contribution in [2.24, 2.45) is 7.05 Å². The van der Waals surface area contributed by atoms with Crippen LogP contribution in [-0.4, -0.2) is 0 Å². The lowest BCUT2D eigenvalue weighted by molar-refractivity contribution is -0.659. The molecule has 0 unspecified atom stereocenters. The smallest absolute Gasteiger partial charge is 0.216 e. The monoisotopic (exact) mass is 341 g/mol. The number of pyridine rings is 1. The van der Waals surface area contributed by atoms with Gasteiger partial charge < -0.3 is 4.42 Å². The predicted octanol–water partition coefficient (Wildman–Crippen LogP) is 5.85. The van der Waals surface area contributed by atoms with Crippen LogP contribution in [0.2, 0.25) is 0 Å². The fourth-order valence-corrected chi connectivity index (χ4v) is 3.82. The quantitative estimate of drug-likeness (QED) is 0.350. The van der Waals surface area contributed by atoms with Gasteiger partial charge in [-0.3, -0.25) is 0 Å². The molecular formula is C24H20NO+. The number of nitrogens with zero attached hydrogens (tertiary/aromatic N) is 1. The summed E-state index contributed by atoms with van der Waals surface area (Å²) < 4.78 is 31.3. The first-order valence-electron chi connectivity index (χ1n) is 10.2. The first-order chi connectivity index (χ1) is 13.8. The van der Waals surface area contributed by atoms with Gasteiger partial charge in [-0.1, -0.05) is 48.0 Å². The Bertz CT molecular complexity index is 1410. The van der Waals surface area contributed by atoms with Crippen LogP contribution in [0.15, 0.2) is 71.3 Å². The van der Waals surface area contributed by atoms with Gasteiger partial charge in [-0.15, -0.1) is 0 Å². The highest BCUT2D eigenvalue weighted by Crippen LogP contribution is 2.35. The molecule has 0 fully saturated rings. The van der Waals surface area contributed by atoms with E-state index in [1.807, 2.05) is 37.4 Å². The van der Waals surface area contributed by atoms with Crippen LogP contribution in [0.3, 0.4) is 0 Å². The van der Waals surface area contributed by atoms with Gasteiger partial charge in [-0.25, -0.2) is 4.57 Å². The van der Waals surface area contributed by atoms with Gasteiger partial charge in [-0.05, 0) is 42.2 Å². The van der Waals surface area contributed by atoms with E-state index in [1.54, 1.807) is 12.1 Å². The number of benzene rings is 3. The Kier molecular flexibility index (Phi) is 2.56. The topological polar surface area (TPSA) is 17.0 Å². The molecule has 0 saturated carbocycles. The third-order valence-corrected chi connectivity index (χ3v) is 5.13. The van der Waals surface area contributed by atoms with Gasteiger partial charge in [0.1, 0.15) is 18.2 Å². The summed E-state index contributed by atoms with van der Waals surface area (Å²) in [6.45, 7) is -0.00923. The lowest BCUT2D eigenvalue weighted by Gasteiger charge is -2.04. The van der Waals surface area contributed by atoms with Gasteiger partial charge in [0.15, 0.2) is 6.20 Å². The lowest BCUT2D eigenvalue weighted by atomic mass is 10.0. The maximum Gasteiger partial charge on any atom is 0.216 e. The first kappa shape index (κ1) is 12.3. The van der Waals surface area contributed by atoms with E-state index < -0.39 is 6.85 Å². The van der Waals surface area contributed by atoms with Crippen LogP contribution in [0.4, 0.5) is 0 Å². The summed E-state index contributed by atoms with van der Waals surface area (Å²) in [5, 5.41) is 3.94. The zero-order chi connectivity index (χ0) is 20.3. The molecular weight excluding hydrogens is 318 g/mol. The largest absolute Gasteiger partial charge is 0.456 e. The SMILES string of the molecule is [2H]C([2H])([2H])c1ccc2c(ccc3oc4cc(-c5ccccc5C)[n+](C)cc4c32)c1. The first-order valence-corrected chi connectivity index (χ1v) is 8.68. The van der Waals surface area contributed by atoms with Crippen LogP contribution < -0.4 is 4.57 Å². The summed E-state index contributed by atoms with van der Waals surface area (Å²) in [7, 11) is 2.04. The van der Waals surface area contributed by atoms with Crippen molar-refractivity contribution >= 4 is 32.7 Å². The maximum atomic E-state index is 7.67. The summed E-state index contributed by atoms with van der Waals surface area (Å²) in [5.41, 5.74) is 5.44. The van der Waals surface area contributed by atoms with Crippen molar-refractivity contribution in [3.8, 4) is 11.3 Å². The summed E-state index contributed by atoms with van der Waals surface area (Å²) in [5.74, 6) is 0. The van der Waals surface area contributed by atoms with Crippen LogP contribution in [0.5, 0.6) is 0 Å². The predicted molar refractivity (Wildman–Crippen MR) is 107 cm³/mol. The molecule has 0 aliphatic rings. The van der Waals surface area contributed by atoms with Crippen molar-refractivity contribution in [2.75, 3.05) is 0 Å². The molecule has 0 radical (unpaired) electrons. The second-order valence-electron chi connectivity index (χ2n) is 6.84. The van der Waals surface area contributed by atoms with E-state index in [9.17, 15) is 0 Å². The van der Waals surface area contributed by atoms with Crippen molar-refractivity contribution in [1.82, 2.24) is 0 Å². The zero-order valence-corrected chi connectivity index (χ0v) is 14.7. The molecule has 0 amide bonds. The van der Waals surface area contributed by atoms with E-state index in [-0.39, 0.29) is 0 Å². The molecule has 0 aliphatic carbocycles. The van der Waals surface area contributed by atoms with E-state index >= 15 is 0 Å². The molecule has 5 aromatic rings. The van der Waals surface area contributed by atoms with Gasteiger partial charge in [0.25, 0.3) is 0 Å². The molecule has 5 rings (SSSR count). The van der Waals surface area contributed by atoms with Crippen LogP contribution in [-0.2, 0) is 7.05 Å². The van der Waals surface area contributed by atoms with Crippen LogP contribution in [0.25, 0.3) is 44.0 Å². The number of furan rings is 1. The second-order valence-corrected chi connectivity index (χ2v) is 6.84. The normalized spacial score (nSPS) is 13.8. The molecule has 2 heterocycles. The molecule has 2 heteroatoms. The maximum absolute atomic E-state index is 7.67. The number of rotatable bonds is 1. The van der Waals surface area contributed by atoms with Crippen molar-refractivity contribution in [3.63, 3.8) is 0 Å². The third-order valence-electron chi connectivity index (χ3n) is 5.13. The van der Waals surface area contributed by atoms with Crippen molar-refractivity contribution in [1.29, 1.82) is 0 Å². The van der Waals surface area contributed by atoms with Crippen molar-refractivity contribution in [2.45, 2.75) is 13.8 Å². The fourth-order valence-electron chi connectivity index (χ4n) is 3.82. The Labute approximate surface area is 156 Å². The Morgan fingerprint density at radius 1 is 0.923 bits per heavy atom. The van der Waals surface area contributed by atoms with E-state index in [4.69, 9.17) is 8.53 Å². The summed E-state index contributed by atoms with van der Waals surface area (Å²) >= 11 is 0. The van der Waals surface area contributed by atoms with E-state index in [0.29, 0.717) is 5.56 Å². The Morgan fingerprint density at radius 3 is 2.65 bits per heavy atom. The number of aryl methyl sites for hydroxylation is 3. The number of hydrogen-bond donors (Lipinski definition) is 0. The molecule has 2 nitrogen and oxygen atoms in total. The van der Waals surface area contributed by atoms with Crippen molar-refractivity contribution in [3.05, 3.63) is 78.0 Å². The highest BCUT2D eigenvalue weighted by Gasteiger charge is 2.19. The number of fused-ring (bicyclic) bond motifs is 5. The van der Waals surface area contributed by atoms with Gasteiger partial charge >= 0.3 is 0 Å². The van der Waals surface area contributed by atoms with Gasteiger partial charge in [-0.2, -0.15) is 0 Å². The molecule has 0 atom stereocenters. The van der Waals surface area contributed by atoms with E-state index in [2.05, 4.69) is 35.9 Å². The standard InChI is InChI=1S/C24H20NO/c1-15-8-10-19-17(12-15)9-11-22-24(19)20-14-25(3)21(13-23(20)26-22)18-7-5-4-6-16(18)2/h4-14H,1-3H3/q+1/i1D3. The highest BCUT2D eigenvalue weighted by molar-refractivity contribution is 6.18.